The second-order valence-corrected chi connectivity index (χ2v) is 5.63. The fourth-order valence-corrected chi connectivity index (χ4v) is 2.66. The average molecular weight is 304 g/mol. The number of carbonyl (C=O) groups is 3. The van der Waals surface area contributed by atoms with Crippen LogP contribution in [0.4, 0.5) is 0 Å². The molecule has 3 N–H and O–H groups in total. The van der Waals surface area contributed by atoms with E-state index in [2.05, 4.69) is 10.6 Å². The number of hydrogen-bond acceptors (Lipinski definition) is 3. The summed E-state index contributed by atoms with van der Waals surface area (Å²) in [6.07, 6.45) is 0.924. The molecule has 1 fully saturated rings. The van der Waals surface area contributed by atoms with Crippen molar-refractivity contribution in [2.24, 2.45) is 0 Å². The molecule has 1 aromatic rings. The van der Waals surface area contributed by atoms with E-state index in [1.165, 1.54) is 0 Å². The summed E-state index contributed by atoms with van der Waals surface area (Å²) in [5, 5.41) is 14.4. The molecule has 1 saturated heterocycles. The number of amides is 2. The zero-order valence-corrected chi connectivity index (χ0v) is 12.7. The Morgan fingerprint density at radius 2 is 2.00 bits per heavy atom. The molecule has 2 amide bonds. The van der Waals surface area contributed by atoms with Crippen LogP contribution in [0, 0.1) is 13.8 Å². The van der Waals surface area contributed by atoms with Gasteiger partial charge in [-0.25, -0.2) is 4.79 Å². The lowest BCUT2D eigenvalue weighted by Gasteiger charge is -2.19. The zero-order valence-electron chi connectivity index (χ0n) is 12.7. The van der Waals surface area contributed by atoms with Gasteiger partial charge in [0.15, 0.2) is 0 Å². The molecule has 6 heteroatoms. The van der Waals surface area contributed by atoms with E-state index in [9.17, 15) is 19.5 Å². The van der Waals surface area contributed by atoms with Crippen molar-refractivity contribution >= 4 is 17.8 Å². The summed E-state index contributed by atoms with van der Waals surface area (Å²) in [6.45, 7) is 3.83. The molecule has 6 nitrogen and oxygen atoms in total. The molecule has 0 spiro atoms. The minimum Gasteiger partial charge on any atom is -0.480 e. The first kappa shape index (κ1) is 16.0. The molecule has 0 aliphatic carbocycles. The second kappa shape index (κ2) is 6.60. The van der Waals surface area contributed by atoms with E-state index in [1.54, 1.807) is 0 Å². The average Bonchev–Trinajstić information content (AvgIpc) is 2.88. The highest BCUT2D eigenvalue weighted by molar-refractivity contribution is 5.92. The highest BCUT2D eigenvalue weighted by atomic mass is 16.4. The Hall–Kier alpha value is -2.37. The van der Waals surface area contributed by atoms with Crippen LogP contribution in [-0.2, 0) is 20.8 Å². The topological polar surface area (TPSA) is 95.5 Å². The van der Waals surface area contributed by atoms with Crippen molar-refractivity contribution in [1.82, 2.24) is 10.6 Å². The van der Waals surface area contributed by atoms with E-state index < -0.39 is 24.0 Å². The lowest BCUT2D eigenvalue weighted by atomic mass is 9.96. The number of carboxylic acid groups (broad SMARTS) is 1. The van der Waals surface area contributed by atoms with Gasteiger partial charge in [0, 0.05) is 12.8 Å². The molecule has 1 aliphatic rings. The number of aliphatic carboxylic acids is 1. The summed E-state index contributed by atoms with van der Waals surface area (Å²) in [7, 11) is 0. The van der Waals surface area contributed by atoms with E-state index in [0.29, 0.717) is 12.8 Å². The van der Waals surface area contributed by atoms with Crippen LogP contribution in [0.3, 0.4) is 0 Å². The number of aryl methyl sites for hydroxylation is 2. The molecule has 22 heavy (non-hydrogen) atoms. The molecule has 118 valence electrons. The molecule has 0 unspecified atom stereocenters. The van der Waals surface area contributed by atoms with Crippen molar-refractivity contribution < 1.29 is 19.5 Å². The van der Waals surface area contributed by atoms with Crippen molar-refractivity contribution in [3.05, 3.63) is 34.9 Å². The summed E-state index contributed by atoms with van der Waals surface area (Å²) in [5.41, 5.74) is 2.91. The smallest absolute Gasteiger partial charge is 0.326 e. The van der Waals surface area contributed by atoms with Crippen LogP contribution in [0.25, 0.3) is 0 Å². The summed E-state index contributed by atoms with van der Waals surface area (Å²) in [6, 6.07) is 4.11. The highest BCUT2D eigenvalue weighted by Crippen LogP contribution is 2.16. The Kier molecular flexibility index (Phi) is 4.80. The van der Waals surface area contributed by atoms with Crippen LogP contribution < -0.4 is 10.6 Å². The number of carbonyl (C=O) groups excluding carboxylic acids is 2. The largest absolute Gasteiger partial charge is 0.480 e. The van der Waals surface area contributed by atoms with Gasteiger partial charge in [0.1, 0.15) is 12.1 Å². The van der Waals surface area contributed by atoms with E-state index >= 15 is 0 Å². The summed E-state index contributed by atoms with van der Waals surface area (Å²) in [5.74, 6) is -1.70. The van der Waals surface area contributed by atoms with Gasteiger partial charge in [-0.05, 0) is 37.0 Å². The molecule has 0 aromatic heterocycles. The maximum Gasteiger partial charge on any atom is 0.326 e. The lowest BCUT2D eigenvalue weighted by Crippen LogP contribution is -2.49. The summed E-state index contributed by atoms with van der Waals surface area (Å²) < 4.78 is 0. The second-order valence-electron chi connectivity index (χ2n) is 5.63. The molecule has 0 bridgehead atoms. The third kappa shape index (κ3) is 3.63. The molecule has 2 rings (SSSR count). The van der Waals surface area contributed by atoms with Gasteiger partial charge in [-0.15, -0.1) is 0 Å². The molecule has 1 aliphatic heterocycles. The van der Waals surface area contributed by atoms with E-state index in [-0.39, 0.29) is 12.3 Å². The Balaban J connectivity index is 2.09. The molecule has 0 saturated carbocycles. The summed E-state index contributed by atoms with van der Waals surface area (Å²) >= 11 is 0. The number of benzene rings is 1. The predicted octanol–water partition coefficient (Wildman–Crippen LogP) is 0.694. The van der Waals surface area contributed by atoms with Crippen LogP contribution >= 0.6 is 0 Å². The number of rotatable bonds is 5. The first-order valence-corrected chi connectivity index (χ1v) is 7.26. The van der Waals surface area contributed by atoms with Gasteiger partial charge in [-0.2, -0.15) is 0 Å². The third-order valence-corrected chi connectivity index (χ3v) is 3.98. The van der Waals surface area contributed by atoms with Crippen LogP contribution in [-0.4, -0.2) is 35.0 Å². The normalized spacial score (nSPS) is 18.6. The van der Waals surface area contributed by atoms with Gasteiger partial charge >= 0.3 is 5.97 Å². The van der Waals surface area contributed by atoms with E-state index in [4.69, 9.17) is 0 Å². The molecule has 2 atom stereocenters. The molecule has 1 heterocycles. The SMILES string of the molecule is Cc1cccc(C)c1C[C@@H](NC(=O)[C@H]1CCC(=O)N1)C(=O)O. The van der Waals surface area contributed by atoms with Crippen molar-refractivity contribution in [3.63, 3.8) is 0 Å². The number of hydrogen-bond donors (Lipinski definition) is 3. The quantitative estimate of drug-likeness (QED) is 0.746. The standard InChI is InChI=1S/C16H20N2O4/c1-9-4-3-5-10(2)11(9)8-13(16(21)22)18-15(20)12-6-7-14(19)17-12/h3-5,12-13H,6-8H2,1-2H3,(H,17,19)(H,18,20)(H,21,22)/t12-,13-/m1/s1. The van der Waals surface area contributed by atoms with Crippen molar-refractivity contribution in [1.29, 1.82) is 0 Å². The first-order valence-electron chi connectivity index (χ1n) is 7.26. The van der Waals surface area contributed by atoms with E-state index in [1.807, 2.05) is 32.0 Å². The molecule has 0 radical (unpaired) electrons. The van der Waals surface area contributed by atoms with Crippen LogP contribution in [0.1, 0.15) is 29.5 Å². The Bertz CT molecular complexity index is 592. The third-order valence-electron chi connectivity index (χ3n) is 3.98. The Labute approximate surface area is 128 Å². The maximum absolute atomic E-state index is 12.1. The monoisotopic (exact) mass is 304 g/mol. The van der Waals surface area contributed by atoms with Crippen molar-refractivity contribution in [2.45, 2.75) is 45.2 Å². The van der Waals surface area contributed by atoms with Crippen molar-refractivity contribution in [2.75, 3.05) is 0 Å². The maximum atomic E-state index is 12.1. The Morgan fingerprint density at radius 3 is 2.50 bits per heavy atom. The van der Waals surface area contributed by atoms with Gasteiger partial charge < -0.3 is 15.7 Å². The molecule has 1 aromatic carbocycles. The first-order chi connectivity index (χ1) is 10.4. The van der Waals surface area contributed by atoms with E-state index in [0.717, 1.165) is 16.7 Å². The lowest BCUT2D eigenvalue weighted by molar-refractivity contribution is -0.142. The van der Waals surface area contributed by atoms with Crippen molar-refractivity contribution in [3.8, 4) is 0 Å². The molecular weight excluding hydrogens is 284 g/mol. The zero-order chi connectivity index (χ0) is 16.3. The van der Waals surface area contributed by atoms with Gasteiger partial charge in [0.25, 0.3) is 0 Å². The predicted molar refractivity (Wildman–Crippen MR) is 80.4 cm³/mol. The minimum atomic E-state index is -1.08. The number of carboxylic acids is 1. The van der Waals surface area contributed by atoms with Crippen LogP contribution in [0.5, 0.6) is 0 Å². The van der Waals surface area contributed by atoms with Gasteiger partial charge in [0.2, 0.25) is 11.8 Å². The Morgan fingerprint density at radius 1 is 1.36 bits per heavy atom. The highest BCUT2D eigenvalue weighted by Gasteiger charge is 2.30. The van der Waals surface area contributed by atoms with Gasteiger partial charge in [-0.3, -0.25) is 9.59 Å². The van der Waals surface area contributed by atoms with Crippen LogP contribution in [0.15, 0.2) is 18.2 Å². The molecular formula is C16H20N2O4. The fraction of sp³-hybridized carbons (Fsp3) is 0.438. The number of nitrogens with one attached hydrogen (secondary N) is 2. The van der Waals surface area contributed by atoms with Crippen LogP contribution in [0.2, 0.25) is 0 Å². The fourth-order valence-electron chi connectivity index (χ4n) is 2.66. The minimum absolute atomic E-state index is 0.179. The van der Waals surface area contributed by atoms with Gasteiger partial charge in [-0.1, -0.05) is 18.2 Å². The van der Waals surface area contributed by atoms with Gasteiger partial charge in [0.05, 0.1) is 0 Å². The summed E-state index contributed by atoms with van der Waals surface area (Å²) in [4.78, 5) is 34.7.